The monoisotopic (exact) mass is 404 g/mol. The van der Waals surface area contributed by atoms with E-state index in [2.05, 4.69) is 17.0 Å². The lowest BCUT2D eigenvalue weighted by molar-refractivity contribution is -0.131. The number of rotatable bonds is 6. The Balaban J connectivity index is 1.29. The molecule has 2 heterocycles. The van der Waals surface area contributed by atoms with Crippen LogP contribution < -0.4 is 9.64 Å². The molecule has 1 fully saturated rings. The maximum absolute atomic E-state index is 12.8. The minimum Gasteiger partial charge on any atom is -0.497 e. The lowest BCUT2D eigenvalue weighted by atomic mass is 10.2. The highest BCUT2D eigenvalue weighted by atomic mass is 16.5. The largest absolute Gasteiger partial charge is 0.497 e. The van der Waals surface area contributed by atoms with Crippen LogP contribution in [0.1, 0.15) is 18.6 Å². The molecule has 0 spiro atoms. The van der Waals surface area contributed by atoms with E-state index in [0.29, 0.717) is 12.8 Å². The summed E-state index contributed by atoms with van der Waals surface area (Å²) in [6.45, 7) is 3.35. The smallest absolute Gasteiger partial charge is 0.223 e. The highest BCUT2D eigenvalue weighted by molar-refractivity contribution is 5.76. The van der Waals surface area contributed by atoms with Gasteiger partial charge in [-0.05, 0) is 42.8 Å². The molecule has 2 aromatic carbocycles. The van der Waals surface area contributed by atoms with Crippen LogP contribution in [0.15, 0.2) is 71.1 Å². The highest BCUT2D eigenvalue weighted by Gasteiger charge is 2.19. The van der Waals surface area contributed by atoms with Crippen molar-refractivity contribution in [3.05, 3.63) is 72.5 Å². The predicted molar refractivity (Wildman–Crippen MR) is 119 cm³/mol. The molecule has 156 valence electrons. The topological polar surface area (TPSA) is 45.9 Å². The molecule has 1 amide bonds. The number of amides is 1. The van der Waals surface area contributed by atoms with E-state index in [1.54, 1.807) is 7.11 Å². The molecule has 0 N–H and O–H groups in total. The number of methoxy groups -OCH3 is 1. The fourth-order valence-electron chi connectivity index (χ4n) is 3.88. The lowest BCUT2D eigenvalue weighted by Crippen LogP contribution is -2.35. The average molecular weight is 405 g/mol. The van der Waals surface area contributed by atoms with Gasteiger partial charge in [0.15, 0.2) is 0 Å². The molecular formula is C25H28N2O3. The first-order valence-corrected chi connectivity index (χ1v) is 10.5. The first-order chi connectivity index (χ1) is 14.7. The van der Waals surface area contributed by atoms with Crippen molar-refractivity contribution in [1.82, 2.24) is 4.90 Å². The van der Waals surface area contributed by atoms with Crippen LogP contribution in [0.2, 0.25) is 0 Å². The number of hydrogen-bond donors (Lipinski definition) is 0. The molecule has 0 bridgehead atoms. The minimum absolute atomic E-state index is 0.198. The van der Waals surface area contributed by atoms with Crippen molar-refractivity contribution in [2.45, 2.75) is 19.3 Å². The Morgan fingerprint density at radius 1 is 0.933 bits per heavy atom. The summed E-state index contributed by atoms with van der Waals surface area (Å²) in [5, 5.41) is 0. The van der Waals surface area contributed by atoms with Crippen LogP contribution in [0.3, 0.4) is 0 Å². The molecule has 1 saturated heterocycles. The summed E-state index contributed by atoms with van der Waals surface area (Å²) < 4.78 is 11.2. The second-order valence-corrected chi connectivity index (χ2v) is 7.55. The third kappa shape index (κ3) is 4.85. The zero-order chi connectivity index (χ0) is 20.8. The zero-order valence-corrected chi connectivity index (χ0v) is 17.4. The number of anilines is 1. The Bertz CT molecular complexity index is 950. The quantitative estimate of drug-likeness (QED) is 0.601. The molecule has 30 heavy (non-hydrogen) atoms. The molecule has 4 rings (SSSR count). The van der Waals surface area contributed by atoms with Gasteiger partial charge < -0.3 is 19.0 Å². The zero-order valence-electron chi connectivity index (χ0n) is 17.4. The van der Waals surface area contributed by atoms with Gasteiger partial charge in [-0.2, -0.15) is 0 Å². The standard InChI is InChI=1S/C25H28N2O3/c1-29-22-10-8-21(9-11-22)26-16-5-17-27(19-18-26)25(28)15-13-23-12-14-24(30-23)20-6-3-2-4-7-20/h2-4,6-12,14H,5,13,15-19H2,1H3. The van der Waals surface area contributed by atoms with E-state index in [0.717, 1.165) is 55.4 Å². The summed E-state index contributed by atoms with van der Waals surface area (Å²) in [4.78, 5) is 17.1. The van der Waals surface area contributed by atoms with E-state index >= 15 is 0 Å². The summed E-state index contributed by atoms with van der Waals surface area (Å²) in [6, 6.07) is 22.1. The van der Waals surface area contributed by atoms with E-state index in [4.69, 9.17) is 9.15 Å². The van der Waals surface area contributed by atoms with Crippen LogP contribution >= 0.6 is 0 Å². The summed E-state index contributed by atoms with van der Waals surface area (Å²) in [7, 11) is 1.68. The molecule has 1 aliphatic heterocycles. The number of nitrogens with zero attached hydrogens (tertiary/aromatic N) is 2. The van der Waals surface area contributed by atoms with Crippen LogP contribution in [0.25, 0.3) is 11.3 Å². The van der Waals surface area contributed by atoms with Crippen LogP contribution in [0, 0.1) is 0 Å². The maximum Gasteiger partial charge on any atom is 0.223 e. The molecule has 0 aliphatic carbocycles. The fourth-order valence-corrected chi connectivity index (χ4v) is 3.88. The van der Waals surface area contributed by atoms with Gasteiger partial charge in [0.1, 0.15) is 17.3 Å². The van der Waals surface area contributed by atoms with Crippen molar-refractivity contribution in [2.24, 2.45) is 0 Å². The molecule has 0 atom stereocenters. The number of carbonyl (C=O) groups excluding carboxylic acids is 1. The van der Waals surface area contributed by atoms with Gasteiger partial charge in [-0.3, -0.25) is 4.79 Å². The molecule has 5 nitrogen and oxygen atoms in total. The molecule has 1 aliphatic rings. The van der Waals surface area contributed by atoms with E-state index in [-0.39, 0.29) is 5.91 Å². The maximum atomic E-state index is 12.8. The van der Waals surface area contributed by atoms with Gasteiger partial charge in [0.25, 0.3) is 0 Å². The van der Waals surface area contributed by atoms with Gasteiger partial charge in [-0.25, -0.2) is 0 Å². The SMILES string of the molecule is COc1ccc(N2CCCN(C(=O)CCc3ccc(-c4ccccc4)o3)CC2)cc1. The molecule has 1 aromatic heterocycles. The van der Waals surface area contributed by atoms with Crippen molar-refractivity contribution in [3.63, 3.8) is 0 Å². The van der Waals surface area contributed by atoms with Gasteiger partial charge in [-0.1, -0.05) is 30.3 Å². The van der Waals surface area contributed by atoms with Crippen LogP contribution in [-0.4, -0.2) is 44.1 Å². The van der Waals surface area contributed by atoms with Gasteiger partial charge in [0.05, 0.1) is 7.11 Å². The molecule has 3 aromatic rings. The second kappa shape index (κ2) is 9.53. The van der Waals surface area contributed by atoms with Crippen molar-refractivity contribution >= 4 is 11.6 Å². The first kappa shape index (κ1) is 20.1. The van der Waals surface area contributed by atoms with E-state index in [9.17, 15) is 4.79 Å². The fraction of sp³-hybridized carbons (Fsp3) is 0.320. The van der Waals surface area contributed by atoms with Gasteiger partial charge in [-0.15, -0.1) is 0 Å². The predicted octanol–water partition coefficient (Wildman–Crippen LogP) is 4.63. The van der Waals surface area contributed by atoms with Crippen molar-refractivity contribution < 1.29 is 13.9 Å². The number of aryl methyl sites for hydroxylation is 1. The Labute approximate surface area is 177 Å². The number of ether oxygens (including phenoxy) is 1. The molecule has 0 radical (unpaired) electrons. The van der Waals surface area contributed by atoms with Gasteiger partial charge >= 0.3 is 0 Å². The van der Waals surface area contributed by atoms with Crippen molar-refractivity contribution in [3.8, 4) is 17.1 Å². The Kier molecular flexibility index (Phi) is 6.38. The van der Waals surface area contributed by atoms with Crippen LogP contribution in [0.5, 0.6) is 5.75 Å². The number of carbonyl (C=O) groups is 1. The summed E-state index contributed by atoms with van der Waals surface area (Å²) >= 11 is 0. The van der Waals surface area contributed by atoms with E-state index < -0.39 is 0 Å². The second-order valence-electron chi connectivity index (χ2n) is 7.55. The van der Waals surface area contributed by atoms with Crippen molar-refractivity contribution in [2.75, 3.05) is 38.2 Å². The van der Waals surface area contributed by atoms with Gasteiger partial charge in [0.2, 0.25) is 5.91 Å². The summed E-state index contributed by atoms with van der Waals surface area (Å²) in [5.41, 5.74) is 2.23. The third-order valence-corrected chi connectivity index (χ3v) is 5.59. The van der Waals surface area contributed by atoms with Crippen LogP contribution in [-0.2, 0) is 11.2 Å². The first-order valence-electron chi connectivity index (χ1n) is 10.5. The van der Waals surface area contributed by atoms with E-state index in [1.165, 1.54) is 5.69 Å². The summed E-state index contributed by atoms with van der Waals surface area (Å²) in [6.07, 6.45) is 2.07. The molecule has 0 saturated carbocycles. The Morgan fingerprint density at radius 3 is 2.50 bits per heavy atom. The molecule has 0 unspecified atom stereocenters. The average Bonchev–Trinajstić information content (AvgIpc) is 3.14. The molecular weight excluding hydrogens is 376 g/mol. The Morgan fingerprint density at radius 2 is 1.73 bits per heavy atom. The summed E-state index contributed by atoms with van der Waals surface area (Å²) in [5.74, 6) is 2.77. The van der Waals surface area contributed by atoms with Crippen LogP contribution in [0.4, 0.5) is 5.69 Å². The van der Waals surface area contributed by atoms with Crippen molar-refractivity contribution in [1.29, 1.82) is 0 Å². The molecule has 5 heteroatoms. The normalized spacial score (nSPS) is 14.4. The number of benzene rings is 2. The third-order valence-electron chi connectivity index (χ3n) is 5.59. The number of furan rings is 1. The Hall–Kier alpha value is -3.21. The van der Waals surface area contributed by atoms with Gasteiger partial charge in [0, 0.05) is 50.3 Å². The van der Waals surface area contributed by atoms with E-state index in [1.807, 2.05) is 59.5 Å². The number of hydrogen-bond acceptors (Lipinski definition) is 4. The highest BCUT2D eigenvalue weighted by Crippen LogP contribution is 2.23. The minimum atomic E-state index is 0.198. The lowest BCUT2D eigenvalue weighted by Gasteiger charge is -2.24.